The van der Waals surface area contributed by atoms with Gasteiger partial charge in [0.05, 0.1) is 35.2 Å². The number of imidazole rings is 1. The number of likely N-dealkylation sites (tertiary alicyclic amines) is 1. The maximum absolute atomic E-state index is 12.4. The number of amides is 1. The van der Waals surface area contributed by atoms with Crippen LogP contribution >= 0.6 is 0 Å². The van der Waals surface area contributed by atoms with Crippen LogP contribution in [0.5, 0.6) is 0 Å². The smallest absolute Gasteiger partial charge is 0.224 e. The van der Waals surface area contributed by atoms with Crippen LogP contribution in [0.1, 0.15) is 42.3 Å². The molecular weight excluding hydrogens is 356 g/mol. The van der Waals surface area contributed by atoms with Crippen molar-refractivity contribution < 1.29 is 9.32 Å². The second-order valence-electron chi connectivity index (χ2n) is 7.23. The number of hydrogen-bond donors (Lipinski definition) is 0. The van der Waals surface area contributed by atoms with Gasteiger partial charge in [-0.25, -0.2) is 4.98 Å². The van der Waals surface area contributed by atoms with Crippen molar-refractivity contribution in [3.8, 4) is 11.3 Å². The van der Waals surface area contributed by atoms with Gasteiger partial charge in [0.25, 0.3) is 0 Å². The van der Waals surface area contributed by atoms with Gasteiger partial charge < -0.3 is 14.0 Å². The van der Waals surface area contributed by atoms with Gasteiger partial charge in [-0.1, -0.05) is 5.16 Å². The molecule has 0 atom stereocenters. The van der Waals surface area contributed by atoms with Crippen molar-refractivity contribution in [3.05, 3.63) is 48.3 Å². The van der Waals surface area contributed by atoms with E-state index in [1.807, 2.05) is 35.7 Å². The van der Waals surface area contributed by atoms with Crippen LogP contribution in [0, 0.1) is 13.8 Å². The summed E-state index contributed by atoms with van der Waals surface area (Å²) in [6, 6.07) is 0. The van der Waals surface area contributed by atoms with Gasteiger partial charge >= 0.3 is 0 Å². The lowest BCUT2D eigenvalue weighted by Crippen LogP contribution is -2.38. The van der Waals surface area contributed by atoms with Crippen molar-refractivity contribution in [2.75, 3.05) is 13.1 Å². The molecule has 1 saturated heterocycles. The molecule has 3 aromatic rings. The fraction of sp³-hybridized carbons (Fsp3) is 0.450. The Balaban J connectivity index is 1.33. The molecule has 4 heterocycles. The molecule has 146 valence electrons. The molecule has 1 aliphatic heterocycles. The molecule has 1 amide bonds. The highest BCUT2D eigenvalue weighted by Gasteiger charge is 2.25. The van der Waals surface area contributed by atoms with Crippen molar-refractivity contribution in [2.45, 2.75) is 45.6 Å². The predicted octanol–water partition coefficient (Wildman–Crippen LogP) is 2.74. The summed E-state index contributed by atoms with van der Waals surface area (Å²) in [5.41, 5.74) is 3.51. The number of piperidine rings is 1. The summed E-state index contributed by atoms with van der Waals surface area (Å²) in [4.78, 5) is 27.6. The second-order valence-corrected chi connectivity index (χ2v) is 7.23. The monoisotopic (exact) mass is 380 g/mol. The Morgan fingerprint density at radius 1 is 1.21 bits per heavy atom. The lowest BCUT2D eigenvalue weighted by Gasteiger charge is -2.31. The van der Waals surface area contributed by atoms with Crippen LogP contribution in [0.2, 0.25) is 0 Å². The van der Waals surface area contributed by atoms with Crippen molar-refractivity contribution in [1.82, 2.24) is 29.6 Å². The largest absolute Gasteiger partial charge is 0.361 e. The first-order chi connectivity index (χ1) is 13.6. The quantitative estimate of drug-likeness (QED) is 0.676. The molecule has 8 heteroatoms. The van der Waals surface area contributed by atoms with Crippen LogP contribution in [0.4, 0.5) is 0 Å². The van der Waals surface area contributed by atoms with Gasteiger partial charge in [-0.2, -0.15) is 0 Å². The fourth-order valence-electron chi connectivity index (χ4n) is 3.75. The average molecular weight is 380 g/mol. The van der Waals surface area contributed by atoms with Gasteiger partial charge in [-0.15, -0.1) is 0 Å². The standard InChI is InChI=1S/C20H24N6O2/c1-14-20(15(2)28-24-14)18-12-22-17(11-23-18)16-3-8-26(9-4-16)19(27)5-7-25-10-6-21-13-25/h6,10-13,16H,3-5,7-9H2,1-2H3. The molecular formula is C20H24N6O2. The van der Waals surface area contributed by atoms with E-state index in [2.05, 4.69) is 20.1 Å². The summed E-state index contributed by atoms with van der Waals surface area (Å²) < 4.78 is 7.15. The van der Waals surface area contributed by atoms with Gasteiger partial charge in [0.15, 0.2) is 0 Å². The maximum Gasteiger partial charge on any atom is 0.224 e. The first-order valence-electron chi connectivity index (χ1n) is 9.60. The molecule has 0 unspecified atom stereocenters. The third-order valence-corrected chi connectivity index (χ3v) is 5.37. The third kappa shape index (κ3) is 3.81. The van der Waals surface area contributed by atoms with E-state index in [9.17, 15) is 4.79 Å². The molecule has 0 N–H and O–H groups in total. The fourth-order valence-corrected chi connectivity index (χ4v) is 3.75. The minimum Gasteiger partial charge on any atom is -0.361 e. The van der Waals surface area contributed by atoms with Crippen molar-refractivity contribution in [2.24, 2.45) is 0 Å². The first kappa shape index (κ1) is 18.3. The Hall–Kier alpha value is -3.03. The molecule has 4 rings (SSSR count). The molecule has 8 nitrogen and oxygen atoms in total. The number of rotatable bonds is 5. The molecule has 0 saturated carbocycles. The Labute approximate surface area is 163 Å². The van der Waals surface area contributed by atoms with Gasteiger partial charge in [-0.05, 0) is 26.7 Å². The highest BCUT2D eigenvalue weighted by atomic mass is 16.5. The highest BCUT2D eigenvalue weighted by Crippen LogP contribution is 2.29. The van der Waals surface area contributed by atoms with E-state index in [-0.39, 0.29) is 5.91 Å². The van der Waals surface area contributed by atoms with Crippen LogP contribution < -0.4 is 0 Å². The topological polar surface area (TPSA) is 89.9 Å². The number of aryl methyl sites for hydroxylation is 3. The van der Waals surface area contributed by atoms with E-state index in [1.165, 1.54) is 0 Å². The summed E-state index contributed by atoms with van der Waals surface area (Å²) in [5, 5.41) is 3.98. The second kappa shape index (κ2) is 7.92. The normalized spacial score (nSPS) is 15.1. The van der Waals surface area contributed by atoms with E-state index in [0.717, 1.165) is 54.3 Å². The number of aromatic nitrogens is 5. The molecule has 1 fully saturated rings. The zero-order chi connectivity index (χ0) is 19.5. The van der Waals surface area contributed by atoms with E-state index < -0.39 is 0 Å². The Bertz CT molecular complexity index is 905. The van der Waals surface area contributed by atoms with E-state index in [0.29, 0.717) is 18.9 Å². The Kier molecular flexibility index (Phi) is 5.18. The highest BCUT2D eigenvalue weighted by molar-refractivity contribution is 5.76. The SMILES string of the molecule is Cc1noc(C)c1-c1cnc(C2CCN(C(=O)CCn3ccnc3)CC2)cn1. The minimum absolute atomic E-state index is 0.201. The summed E-state index contributed by atoms with van der Waals surface area (Å²) >= 11 is 0. The molecule has 0 aromatic carbocycles. The maximum atomic E-state index is 12.4. The summed E-state index contributed by atoms with van der Waals surface area (Å²) in [5.74, 6) is 1.29. The number of carbonyl (C=O) groups is 1. The van der Waals surface area contributed by atoms with Crippen molar-refractivity contribution >= 4 is 5.91 Å². The van der Waals surface area contributed by atoms with Gasteiger partial charge in [0, 0.05) is 50.6 Å². The first-order valence-corrected chi connectivity index (χ1v) is 9.60. The molecule has 0 bridgehead atoms. The van der Waals surface area contributed by atoms with Crippen LogP contribution in [0.3, 0.4) is 0 Å². The third-order valence-electron chi connectivity index (χ3n) is 5.37. The van der Waals surface area contributed by atoms with Crippen molar-refractivity contribution in [1.29, 1.82) is 0 Å². The zero-order valence-electron chi connectivity index (χ0n) is 16.2. The summed E-state index contributed by atoms with van der Waals surface area (Å²) in [6.45, 7) is 5.99. The molecule has 1 aliphatic rings. The zero-order valence-corrected chi connectivity index (χ0v) is 16.2. The van der Waals surface area contributed by atoms with E-state index in [1.54, 1.807) is 18.7 Å². The summed E-state index contributed by atoms with van der Waals surface area (Å²) in [6.07, 6.45) is 11.3. The Morgan fingerprint density at radius 2 is 2.04 bits per heavy atom. The lowest BCUT2D eigenvalue weighted by atomic mass is 9.93. The summed E-state index contributed by atoms with van der Waals surface area (Å²) in [7, 11) is 0. The molecule has 28 heavy (non-hydrogen) atoms. The van der Waals surface area contributed by atoms with Crippen molar-refractivity contribution in [3.63, 3.8) is 0 Å². The van der Waals surface area contributed by atoms with Crippen LogP contribution in [-0.2, 0) is 11.3 Å². The Morgan fingerprint density at radius 3 is 2.64 bits per heavy atom. The van der Waals surface area contributed by atoms with Gasteiger partial charge in [0.1, 0.15) is 5.76 Å². The molecule has 0 aliphatic carbocycles. The molecule has 3 aromatic heterocycles. The number of hydrogen-bond acceptors (Lipinski definition) is 6. The number of carbonyl (C=O) groups excluding carboxylic acids is 1. The van der Waals surface area contributed by atoms with Crippen LogP contribution in [0.25, 0.3) is 11.3 Å². The molecule has 0 radical (unpaired) electrons. The van der Waals surface area contributed by atoms with E-state index in [4.69, 9.17) is 4.52 Å². The minimum atomic E-state index is 0.201. The molecule has 0 spiro atoms. The van der Waals surface area contributed by atoms with E-state index >= 15 is 0 Å². The predicted molar refractivity (Wildman–Crippen MR) is 102 cm³/mol. The van der Waals surface area contributed by atoms with Crippen LogP contribution in [-0.4, -0.2) is 48.6 Å². The lowest BCUT2D eigenvalue weighted by molar-refractivity contribution is -0.132. The van der Waals surface area contributed by atoms with Crippen LogP contribution in [0.15, 0.2) is 35.6 Å². The van der Waals surface area contributed by atoms with Gasteiger partial charge in [-0.3, -0.25) is 14.8 Å². The average Bonchev–Trinajstić information content (AvgIpc) is 3.36. The number of nitrogens with zero attached hydrogens (tertiary/aromatic N) is 6. The van der Waals surface area contributed by atoms with Gasteiger partial charge in [0.2, 0.25) is 5.91 Å².